The van der Waals surface area contributed by atoms with Crippen LogP contribution in [0.15, 0.2) is 22.1 Å². The van der Waals surface area contributed by atoms with Crippen LogP contribution in [0.3, 0.4) is 0 Å². The minimum absolute atomic E-state index is 0.183. The van der Waals surface area contributed by atoms with Crippen LogP contribution in [0, 0.1) is 15.9 Å². The highest BCUT2D eigenvalue weighted by Crippen LogP contribution is 2.08. The largest absolute Gasteiger partial charge is 0.338 e. The number of carbonyl (C=O) groups excluding carboxylic acids is 2. The third kappa shape index (κ3) is 1.36. The van der Waals surface area contributed by atoms with E-state index in [9.17, 15) is 24.1 Å². The second-order valence-corrected chi connectivity index (χ2v) is 2.85. The van der Waals surface area contributed by atoms with Crippen molar-refractivity contribution in [2.24, 2.45) is 9.98 Å². The van der Waals surface area contributed by atoms with Gasteiger partial charge in [0.05, 0.1) is 4.92 Å². The fourth-order valence-electron chi connectivity index (χ4n) is 1.23. The highest BCUT2D eigenvalue weighted by atomic mass is 19.1. The van der Waals surface area contributed by atoms with E-state index >= 15 is 0 Å². The molecule has 0 bridgehead atoms. The molecule has 0 unspecified atom stereocenters. The van der Waals surface area contributed by atoms with Crippen LogP contribution in [0.5, 0.6) is 0 Å². The molecule has 0 fully saturated rings. The standard InChI is InChI=1S/C8H2FN3O4/c9-3-1-2-4-5(6(3)12(15)16)11-8(14)7(13)10-4/h1-2H. The molecule has 8 heteroatoms. The number of nitrogens with zero attached hydrogens (tertiary/aromatic N) is 3. The molecular formula is C8H2FN3O4. The SMILES string of the molecule is O=C1N=c2ccc(F)c([N+](=O)[O-])c2=NC1=O. The molecule has 1 aromatic rings. The van der Waals surface area contributed by atoms with Crippen molar-refractivity contribution in [2.75, 3.05) is 0 Å². The Labute approximate surface area is 86.1 Å². The summed E-state index contributed by atoms with van der Waals surface area (Å²) >= 11 is 0. The van der Waals surface area contributed by atoms with Crippen LogP contribution in [0.4, 0.5) is 10.1 Å². The summed E-state index contributed by atoms with van der Waals surface area (Å²) in [4.78, 5) is 37.7. The third-order valence-corrected chi connectivity index (χ3v) is 1.88. The smallest absolute Gasteiger partial charge is 0.261 e. The Hall–Kier alpha value is -2.51. The van der Waals surface area contributed by atoms with Gasteiger partial charge in [-0.05, 0) is 12.1 Å². The van der Waals surface area contributed by atoms with Crippen LogP contribution in [-0.2, 0) is 9.59 Å². The van der Waals surface area contributed by atoms with Gasteiger partial charge in [0.15, 0.2) is 5.36 Å². The number of fused-ring (bicyclic) bond motifs is 1. The van der Waals surface area contributed by atoms with Gasteiger partial charge in [-0.25, -0.2) is 4.99 Å². The summed E-state index contributed by atoms with van der Waals surface area (Å²) in [7, 11) is 0. The maximum atomic E-state index is 13.1. The van der Waals surface area contributed by atoms with E-state index in [4.69, 9.17) is 0 Å². The van der Waals surface area contributed by atoms with E-state index in [1.807, 2.05) is 0 Å². The van der Waals surface area contributed by atoms with Gasteiger partial charge in [-0.2, -0.15) is 9.38 Å². The summed E-state index contributed by atoms with van der Waals surface area (Å²) in [6.45, 7) is 0. The molecule has 2 amide bonds. The zero-order valence-corrected chi connectivity index (χ0v) is 7.51. The number of nitro groups is 1. The Morgan fingerprint density at radius 2 is 1.81 bits per heavy atom. The molecule has 7 nitrogen and oxygen atoms in total. The van der Waals surface area contributed by atoms with Crippen LogP contribution in [-0.4, -0.2) is 16.7 Å². The molecule has 0 aliphatic carbocycles. The lowest BCUT2D eigenvalue weighted by molar-refractivity contribution is -0.389. The first kappa shape index (κ1) is 10.0. The lowest BCUT2D eigenvalue weighted by Gasteiger charge is -1.98. The maximum Gasteiger partial charge on any atom is 0.338 e. The Balaban J connectivity index is 2.96. The second kappa shape index (κ2) is 3.26. The number of benzene rings is 1. The molecule has 1 aliphatic rings. The van der Waals surface area contributed by atoms with Gasteiger partial charge in [-0.15, -0.1) is 0 Å². The van der Waals surface area contributed by atoms with Crippen molar-refractivity contribution in [2.45, 2.75) is 0 Å². The van der Waals surface area contributed by atoms with Crippen LogP contribution < -0.4 is 10.7 Å². The molecule has 0 atom stereocenters. The van der Waals surface area contributed by atoms with Gasteiger partial charge in [0.1, 0.15) is 5.36 Å². The first-order chi connectivity index (χ1) is 7.50. The highest BCUT2D eigenvalue weighted by Gasteiger charge is 2.24. The average Bonchev–Trinajstić information content (AvgIpc) is 2.20. The van der Waals surface area contributed by atoms with Gasteiger partial charge in [-0.1, -0.05) is 0 Å². The third-order valence-electron chi connectivity index (χ3n) is 1.88. The van der Waals surface area contributed by atoms with Crippen molar-refractivity contribution in [3.8, 4) is 0 Å². The fraction of sp³-hybridized carbons (Fsp3) is 0. The minimum atomic E-state index is -1.25. The lowest BCUT2D eigenvalue weighted by Crippen LogP contribution is -2.36. The zero-order valence-electron chi connectivity index (χ0n) is 7.51. The van der Waals surface area contributed by atoms with Crippen molar-refractivity contribution in [1.82, 2.24) is 0 Å². The molecule has 1 aliphatic heterocycles. The van der Waals surface area contributed by atoms with E-state index in [0.717, 1.165) is 12.1 Å². The molecule has 80 valence electrons. The summed E-state index contributed by atoms with van der Waals surface area (Å²) in [6, 6.07) is 1.84. The Morgan fingerprint density at radius 3 is 2.44 bits per heavy atom. The maximum absolute atomic E-state index is 13.1. The molecule has 0 radical (unpaired) electrons. The lowest BCUT2D eigenvalue weighted by atomic mass is 10.2. The monoisotopic (exact) mass is 223 g/mol. The number of rotatable bonds is 1. The molecule has 2 rings (SSSR count). The van der Waals surface area contributed by atoms with Crippen molar-refractivity contribution in [3.05, 3.63) is 38.8 Å². The number of hydrogen-bond acceptors (Lipinski definition) is 4. The normalized spacial score (nSPS) is 13.8. The van der Waals surface area contributed by atoms with Crippen LogP contribution in [0.2, 0.25) is 0 Å². The first-order valence-corrected chi connectivity index (χ1v) is 3.99. The predicted octanol–water partition coefficient (Wildman–Crippen LogP) is -0.960. The Morgan fingerprint density at radius 1 is 1.19 bits per heavy atom. The second-order valence-electron chi connectivity index (χ2n) is 2.85. The van der Waals surface area contributed by atoms with E-state index in [1.54, 1.807) is 0 Å². The molecule has 0 N–H and O–H groups in total. The van der Waals surface area contributed by atoms with Crippen molar-refractivity contribution >= 4 is 17.5 Å². The van der Waals surface area contributed by atoms with Gasteiger partial charge in [-0.3, -0.25) is 19.7 Å². The molecule has 0 aromatic heterocycles. The van der Waals surface area contributed by atoms with Gasteiger partial charge in [0.2, 0.25) is 5.82 Å². The number of hydrogen-bond donors (Lipinski definition) is 0. The molecule has 0 saturated heterocycles. The Bertz CT molecular complexity index is 652. The number of amides is 2. The molecule has 16 heavy (non-hydrogen) atoms. The highest BCUT2D eigenvalue weighted by molar-refractivity contribution is 6.36. The Kier molecular flexibility index (Phi) is 2.04. The topological polar surface area (TPSA) is 102 Å². The van der Waals surface area contributed by atoms with Gasteiger partial charge in [0, 0.05) is 0 Å². The summed E-state index contributed by atoms with van der Waals surface area (Å²) in [5.74, 6) is -3.51. The zero-order chi connectivity index (χ0) is 11.9. The summed E-state index contributed by atoms with van der Waals surface area (Å²) in [6.07, 6.45) is 0. The average molecular weight is 223 g/mol. The molecular weight excluding hydrogens is 221 g/mol. The van der Waals surface area contributed by atoms with E-state index in [1.165, 1.54) is 0 Å². The quantitative estimate of drug-likeness (QED) is 0.347. The van der Waals surface area contributed by atoms with Gasteiger partial charge in [0.25, 0.3) is 0 Å². The van der Waals surface area contributed by atoms with Crippen molar-refractivity contribution in [3.63, 3.8) is 0 Å². The number of nitro benzene ring substituents is 1. The van der Waals surface area contributed by atoms with E-state index < -0.39 is 33.6 Å². The number of carbonyl (C=O) groups is 2. The van der Waals surface area contributed by atoms with E-state index in [-0.39, 0.29) is 5.36 Å². The first-order valence-electron chi connectivity index (χ1n) is 3.99. The van der Waals surface area contributed by atoms with E-state index in [2.05, 4.69) is 9.98 Å². The van der Waals surface area contributed by atoms with Crippen molar-refractivity contribution in [1.29, 1.82) is 0 Å². The molecule has 1 heterocycles. The summed E-state index contributed by atoms with van der Waals surface area (Å²) in [5.41, 5.74) is -0.956. The van der Waals surface area contributed by atoms with Crippen LogP contribution in [0.1, 0.15) is 0 Å². The van der Waals surface area contributed by atoms with Crippen LogP contribution in [0.25, 0.3) is 0 Å². The summed E-state index contributed by atoms with van der Waals surface area (Å²) < 4.78 is 13.1. The van der Waals surface area contributed by atoms with Crippen molar-refractivity contribution < 1.29 is 18.9 Å². The van der Waals surface area contributed by atoms with Gasteiger partial charge >= 0.3 is 17.5 Å². The van der Waals surface area contributed by atoms with E-state index in [0.29, 0.717) is 0 Å². The molecule has 1 aromatic carbocycles. The fourth-order valence-corrected chi connectivity index (χ4v) is 1.23. The summed E-state index contributed by atoms with van der Waals surface area (Å²) in [5, 5.41) is 9.85. The van der Waals surface area contributed by atoms with Crippen LogP contribution >= 0.6 is 0 Å². The molecule has 0 saturated carbocycles. The number of halogens is 1. The molecule has 0 spiro atoms. The predicted molar refractivity (Wildman–Crippen MR) is 45.4 cm³/mol. The van der Waals surface area contributed by atoms with Gasteiger partial charge < -0.3 is 0 Å². The minimum Gasteiger partial charge on any atom is -0.261 e.